The number of carbonyl (C=O) groups is 1. The Morgan fingerprint density at radius 2 is 2.03 bits per heavy atom. The molecule has 7 nitrogen and oxygen atoms in total. The zero-order valence-corrected chi connectivity index (χ0v) is 20.0. The second-order valence-electron chi connectivity index (χ2n) is 6.72. The van der Waals surface area contributed by atoms with E-state index in [1.807, 2.05) is 18.2 Å². The molecule has 0 spiro atoms. The number of hydrogen-bond acceptors (Lipinski definition) is 7. The molecule has 0 amide bonds. The molecular weight excluding hydrogens is 531 g/mol. The SMILES string of the molecule is CCOC(=O)C1=C(C)N=c2s/c(=C/c3ccc(I)o3)c(=O)n2C1c1ccc(OC)cc1. The lowest BCUT2D eigenvalue weighted by atomic mass is 9.96. The molecule has 0 aliphatic carbocycles. The molecule has 160 valence electrons. The highest BCUT2D eigenvalue weighted by molar-refractivity contribution is 14.1. The van der Waals surface area contributed by atoms with E-state index in [2.05, 4.69) is 27.6 Å². The normalized spacial score (nSPS) is 16.1. The molecule has 3 heterocycles. The molecule has 1 aliphatic heterocycles. The highest BCUT2D eigenvalue weighted by Gasteiger charge is 2.33. The van der Waals surface area contributed by atoms with Crippen LogP contribution in [0.1, 0.15) is 31.2 Å². The summed E-state index contributed by atoms with van der Waals surface area (Å²) in [5.74, 6) is 0.776. The van der Waals surface area contributed by atoms with Crippen LogP contribution in [0.15, 0.2) is 61.9 Å². The molecule has 2 aromatic heterocycles. The second-order valence-corrected chi connectivity index (χ2v) is 8.79. The van der Waals surface area contributed by atoms with Gasteiger partial charge in [-0.25, -0.2) is 9.79 Å². The summed E-state index contributed by atoms with van der Waals surface area (Å²) in [6, 6.07) is 10.3. The highest BCUT2D eigenvalue weighted by Crippen LogP contribution is 2.31. The summed E-state index contributed by atoms with van der Waals surface area (Å²) >= 11 is 3.33. The smallest absolute Gasteiger partial charge is 0.338 e. The van der Waals surface area contributed by atoms with Crippen molar-refractivity contribution in [1.82, 2.24) is 4.57 Å². The number of aromatic nitrogens is 1. The highest BCUT2D eigenvalue weighted by atomic mass is 127. The summed E-state index contributed by atoms with van der Waals surface area (Å²) in [7, 11) is 1.59. The molecule has 0 N–H and O–H groups in total. The van der Waals surface area contributed by atoms with E-state index >= 15 is 0 Å². The van der Waals surface area contributed by atoms with Crippen LogP contribution in [0.4, 0.5) is 0 Å². The monoisotopic (exact) mass is 550 g/mol. The maximum Gasteiger partial charge on any atom is 0.338 e. The van der Waals surface area contributed by atoms with Gasteiger partial charge < -0.3 is 13.9 Å². The first-order valence-corrected chi connectivity index (χ1v) is 11.4. The number of hydrogen-bond donors (Lipinski definition) is 0. The third-order valence-corrected chi connectivity index (χ3v) is 6.38. The minimum Gasteiger partial charge on any atom is -0.497 e. The largest absolute Gasteiger partial charge is 0.497 e. The second kappa shape index (κ2) is 8.83. The Balaban J connectivity index is 1.94. The van der Waals surface area contributed by atoms with Gasteiger partial charge in [-0.15, -0.1) is 0 Å². The van der Waals surface area contributed by atoms with E-state index in [0.29, 0.717) is 32.1 Å². The number of fused-ring (bicyclic) bond motifs is 1. The van der Waals surface area contributed by atoms with Crippen LogP contribution in [0.3, 0.4) is 0 Å². The number of thiazole rings is 1. The van der Waals surface area contributed by atoms with Crippen molar-refractivity contribution < 1.29 is 18.7 Å². The van der Waals surface area contributed by atoms with Gasteiger partial charge in [-0.3, -0.25) is 9.36 Å². The van der Waals surface area contributed by atoms with E-state index in [0.717, 1.165) is 9.33 Å². The van der Waals surface area contributed by atoms with Crippen molar-refractivity contribution in [3.63, 3.8) is 0 Å². The molecule has 0 saturated heterocycles. The molecule has 9 heteroatoms. The Morgan fingerprint density at radius 1 is 1.29 bits per heavy atom. The van der Waals surface area contributed by atoms with Gasteiger partial charge in [0.05, 0.1) is 35.6 Å². The van der Waals surface area contributed by atoms with Gasteiger partial charge in [-0.05, 0) is 66.3 Å². The molecular formula is C22H19IN2O5S. The Bertz CT molecular complexity index is 1350. The van der Waals surface area contributed by atoms with Gasteiger partial charge in [-0.2, -0.15) is 0 Å². The molecule has 0 radical (unpaired) electrons. The van der Waals surface area contributed by atoms with E-state index in [9.17, 15) is 9.59 Å². The molecule has 0 bridgehead atoms. The van der Waals surface area contributed by atoms with Gasteiger partial charge in [0, 0.05) is 6.08 Å². The maximum atomic E-state index is 13.4. The summed E-state index contributed by atoms with van der Waals surface area (Å²) in [4.78, 5) is 31.3. The van der Waals surface area contributed by atoms with Gasteiger partial charge in [0.2, 0.25) is 0 Å². The van der Waals surface area contributed by atoms with Crippen LogP contribution < -0.4 is 19.6 Å². The predicted octanol–water partition coefficient (Wildman–Crippen LogP) is 3.00. The number of benzene rings is 1. The predicted molar refractivity (Wildman–Crippen MR) is 125 cm³/mol. The lowest BCUT2D eigenvalue weighted by molar-refractivity contribution is -0.139. The molecule has 1 aliphatic rings. The summed E-state index contributed by atoms with van der Waals surface area (Å²) in [5.41, 5.74) is 1.39. The Labute approximate surface area is 195 Å². The van der Waals surface area contributed by atoms with E-state index in [1.54, 1.807) is 49.8 Å². The molecule has 31 heavy (non-hydrogen) atoms. The van der Waals surface area contributed by atoms with Crippen molar-refractivity contribution in [3.05, 3.63) is 82.4 Å². The van der Waals surface area contributed by atoms with Crippen LogP contribution in [0.5, 0.6) is 5.75 Å². The van der Waals surface area contributed by atoms with Gasteiger partial charge in [0.25, 0.3) is 5.56 Å². The Morgan fingerprint density at radius 3 is 2.65 bits per heavy atom. The fourth-order valence-corrected chi connectivity index (χ4v) is 4.89. The molecule has 3 aromatic rings. The van der Waals surface area contributed by atoms with Gasteiger partial charge in [0.1, 0.15) is 11.5 Å². The first kappa shape index (κ1) is 21.6. The number of furan rings is 1. The Kier molecular flexibility index (Phi) is 6.15. The van der Waals surface area contributed by atoms with Crippen LogP contribution in [0, 0.1) is 3.77 Å². The number of carbonyl (C=O) groups excluding carboxylic acids is 1. The summed E-state index contributed by atoms with van der Waals surface area (Å²) < 4.78 is 18.9. The Hall–Kier alpha value is -2.66. The average Bonchev–Trinajstić information content (AvgIpc) is 3.30. The van der Waals surface area contributed by atoms with Crippen LogP contribution in [0.2, 0.25) is 0 Å². The van der Waals surface area contributed by atoms with E-state index in [4.69, 9.17) is 13.9 Å². The summed E-state index contributed by atoms with van der Waals surface area (Å²) in [5, 5.41) is 0. The lowest BCUT2D eigenvalue weighted by Crippen LogP contribution is -2.39. The minimum absolute atomic E-state index is 0.229. The first-order chi connectivity index (χ1) is 14.9. The summed E-state index contributed by atoms with van der Waals surface area (Å²) in [6.45, 7) is 3.73. The zero-order chi connectivity index (χ0) is 22.1. The molecule has 1 atom stereocenters. The minimum atomic E-state index is -0.653. The number of methoxy groups -OCH3 is 1. The fraction of sp³-hybridized carbons (Fsp3) is 0.227. The van der Waals surface area contributed by atoms with E-state index < -0.39 is 12.0 Å². The topological polar surface area (TPSA) is 83.0 Å². The van der Waals surface area contributed by atoms with Crippen molar-refractivity contribution in [2.24, 2.45) is 4.99 Å². The van der Waals surface area contributed by atoms with E-state index in [1.165, 1.54) is 11.3 Å². The number of allylic oxidation sites excluding steroid dienone is 1. The molecule has 1 unspecified atom stereocenters. The number of nitrogens with zero attached hydrogens (tertiary/aromatic N) is 2. The number of halogens is 1. The van der Waals surface area contributed by atoms with Crippen LogP contribution in [0.25, 0.3) is 6.08 Å². The maximum absolute atomic E-state index is 13.4. The number of rotatable bonds is 5. The zero-order valence-electron chi connectivity index (χ0n) is 17.0. The van der Waals surface area contributed by atoms with Crippen molar-refractivity contribution in [2.75, 3.05) is 13.7 Å². The van der Waals surface area contributed by atoms with E-state index in [-0.39, 0.29) is 12.2 Å². The van der Waals surface area contributed by atoms with Crippen LogP contribution >= 0.6 is 33.9 Å². The summed E-state index contributed by atoms with van der Waals surface area (Å²) in [6.07, 6.45) is 1.69. The number of esters is 1. The molecule has 1 aromatic carbocycles. The fourth-order valence-electron chi connectivity index (χ4n) is 3.43. The quantitative estimate of drug-likeness (QED) is 0.361. The first-order valence-electron chi connectivity index (χ1n) is 9.52. The average molecular weight is 550 g/mol. The third-order valence-electron chi connectivity index (χ3n) is 4.82. The van der Waals surface area contributed by atoms with Crippen molar-refractivity contribution in [3.8, 4) is 5.75 Å². The van der Waals surface area contributed by atoms with Gasteiger partial charge in [0.15, 0.2) is 8.57 Å². The van der Waals surface area contributed by atoms with Crippen molar-refractivity contribution >= 4 is 46.0 Å². The molecule has 0 fully saturated rings. The molecule has 4 rings (SSSR count). The van der Waals surface area contributed by atoms with Crippen LogP contribution in [-0.4, -0.2) is 24.3 Å². The third kappa shape index (κ3) is 4.11. The molecule has 0 saturated carbocycles. The lowest BCUT2D eigenvalue weighted by Gasteiger charge is -2.24. The van der Waals surface area contributed by atoms with Crippen molar-refractivity contribution in [1.29, 1.82) is 0 Å². The standard InChI is InChI=1S/C22H19IN2O5S/c1-4-29-21(27)18-12(2)24-22-25(19(18)13-5-7-14(28-3)8-6-13)20(26)16(31-22)11-15-9-10-17(23)30-15/h5-11,19H,4H2,1-3H3/b16-11+. The van der Waals surface area contributed by atoms with Gasteiger partial charge >= 0.3 is 5.97 Å². The van der Waals surface area contributed by atoms with Crippen LogP contribution in [-0.2, 0) is 9.53 Å². The van der Waals surface area contributed by atoms with Gasteiger partial charge in [-0.1, -0.05) is 23.5 Å². The number of ether oxygens (including phenoxy) is 2. The van der Waals surface area contributed by atoms with Crippen molar-refractivity contribution in [2.45, 2.75) is 19.9 Å².